The van der Waals surface area contributed by atoms with Gasteiger partial charge in [0.2, 0.25) is 0 Å². The van der Waals surface area contributed by atoms with Crippen LogP contribution in [0, 0.1) is 17.8 Å². The van der Waals surface area contributed by atoms with E-state index in [1.807, 2.05) is 0 Å². The normalized spacial score (nSPS) is 25.4. The van der Waals surface area contributed by atoms with Gasteiger partial charge in [0.15, 0.2) is 6.61 Å². The molecule has 3 atom stereocenters. The van der Waals surface area contributed by atoms with Crippen molar-refractivity contribution in [3.05, 3.63) is 28.2 Å². The van der Waals surface area contributed by atoms with Gasteiger partial charge in [-0.15, -0.1) is 0 Å². The highest BCUT2D eigenvalue weighted by molar-refractivity contribution is 6.36. The van der Waals surface area contributed by atoms with Gasteiger partial charge in [-0.1, -0.05) is 29.6 Å². The fourth-order valence-corrected chi connectivity index (χ4v) is 4.28. The Hall–Kier alpha value is -1.26. The van der Waals surface area contributed by atoms with E-state index >= 15 is 0 Å². The topological polar surface area (TPSA) is 55.4 Å². The highest BCUT2D eigenvalue weighted by atomic mass is 35.5. The molecule has 1 N–H and O–H groups in total. The zero-order chi connectivity index (χ0) is 16.4. The number of hydrogen-bond donors (Lipinski definition) is 1. The predicted molar refractivity (Wildman–Crippen MR) is 89.6 cm³/mol. The van der Waals surface area contributed by atoms with Crippen LogP contribution in [0.5, 0.6) is 0 Å². The predicted octanol–water partition coefficient (Wildman–Crippen LogP) is 4.30. The third-order valence-corrected chi connectivity index (χ3v) is 5.43. The molecule has 2 saturated carbocycles. The first-order chi connectivity index (χ1) is 11.0. The van der Waals surface area contributed by atoms with Gasteiger partial charge in [0.1, 0.15) is 0 Å². The monoisotopic (exact) mass is 355 g/mol. The third-order valence-electron chi connectivity index (χ3n) is 4.88. The van der Waals surface area contributed by atoms with Crippen LogP contribution in [0.2, 0.25) is 10.0 Å². The van der Waals surface area contributed by atoms with Crippen LogP contribution < -0.4 is 5.32 Å². The lowest BCUT2D eigenvalue weighted by atomic mass is 9.86. The van der Waals surface area contributed by atoms with Crippen LogP contribution in [0.15, 0.2) is 18.2 Å². The fourth-order valence-electron chi connectivity index (χ4n) is 3.82. The molecule has 0 aliphatic heterocycles. The number of esters is 1. The van der Waals surface area contributed by atoms with E-state index < -0.39 is 5.91 Å². The van der Waals surface area contributed by atoms with E-state index in [0.717, 1.165) is 12.3 Å². The van der Waals surface area contributed by atoms with Crippen molar-refractivity contribution in [2.45, 2.75) is 32.1 Å². The molecule has 0 heterocycles. The van der Waals surface area contributed by atoms with E-state index in [1.165, 1.54) is 19.3 Å². The van der Waals surface area contributed by atoms with Gasteiger partial charge in [0.25, 0.3) is 5.91 Å². The van der Waals surface area contributed by atoms with E-state index in [9.17, 15) is 9.59 Å². The summed E-state index contributed by atoms with van der Waals surface area (Å²) in [5, 5.41) is 3.44. The molecule has 1 aromatic rings. The Bertz CT molecular complexity index is 620. The van der Waals surface area contributed by atoms with Gasteiger partial charge in [-0.3, -0.25) is 9.59 Å². The average Bonchev–Trinajstić information content (AvgIpc) is 3.11. The van der Waals surface area contributed by atoms with Crippen molar-refractivity contribution in [3.63, 3.8) is 0 Å². The number of benzene rings is 1. The number of nitrogens with one attached hydrogen (secondary N) is 1. The van der Waals surface area contributed by atoms with E-state index in [-0.39, 0.29) is 12.6 Å². The van der Waals surface area contributed by atoms with Crippen LogP contribution in [-0.2, 0) is 14.3 Å². The van der Waals surface area contributed by atoms with Crippen molar-refractivity contribution < 1.29 is 14.3 Å². The van der Waals surface area contributed by atoms with Crippen LogP contribution in [0.25, 0.3) is 0 Å². The summed E-state index contributed by atoms with van der Waals surface area (Å²) >= 11 is 11.8. The van der Waals surface area contributed by atoms with Gasteiger partial charge in [0.05, 0.1) is 10.7 Å². The molecule has 2 bridgehead atoms. The smallest absolute Gasteiger partial charge is 0.306 e. The number of amides is 1. The summed E-state index contributed by atoms with van der Waals surface area (Å²) < 4.78 is 5.09. The Morgan fingerprint density at radius 3 is 2.70 bits per heavy atom. The lowest BCUT2D eigenvalue weighted by Gasteiger charge is -2.20. The fraction of sp³-hybridized carbons (Fsp3) is 0.529. The third kappa shape index (κ3) is 4.18. The molecule has 6 heteroatoms. The van der Waals surface area contributed by atoms with Crippen LogP contribution in [0.1, 0.15) is 32.1 Å². The summed E-state index contributed by atoms with van der Waals surface area (Å²) in [4.78, 5) is 23.7. The number of carbonyl (C=O) groups excluding carboxylic acids is 2. The maximum Gasteiger partial charge on any atom is 0.306 e. The first kappa shape index (κ1) is 16.6. The zero-order valence-electron chi connectivity index (χ0n) is 12.7. The minimum Gasteiger partial charge on any atom is -0.456 e. The minimum absolute atomic E-state index is 0.292. The van der Waals surface area contributed by atoms with Gasteiger partial charge in [-0.2, -0.15) is 0 Å². The Labute approximate surface area is 145 Å². The maximum atomic E-state index is 11.9. The van der Waals surface area contributed by atoms with E-state index in [0.29, 0.717) is 34.0 Å². The summed E-state index contributed by atoms with van der Waals surface area (Å²) in [6.07, 6.45) is 5.36. The van der Waals surface area contributed by atoms with E-state index in [1.54, 1.807) is 18.2 Å². The second-order valence-corrected chi connectivity index (χ2v) is 7.32. The molecule has 0 radical (unpaired) electrons. The molecule has 0 spiro atoms. The van der Waals surface area contributed by atoms with Crippen molar-refractivity contribution in [1.29, 1.82) is 0 Å². The number of anilines is 1. The molecule has 23 heavy (non-hydrogen) atoms. The zero-order valence-corrected chi connectivity index (χ0v) is 14.2. The maximum absolute atomic E-state index is 11.9. The summed E-state index contributed by atoms with van der Waals surface area (Å²) in [5.74, 6) is 1.22. The molecule has 0 saturated heterocycles. The van der Waals surface area contributed by atoms with Gasteiger partial charge in [0, 0.05) is 11.4 Å². The van der Waals surface area contributed by atoms with Gasteiger partial charge in [-0.05, 0) is 55.2 Å². The Kier molecular flexibility index (Phi) is 5.12. The molecule has 124 valence electrons. The van der Waals surface area contributed by atoms with Crippen LogP contribution in [0.3, 0.4) is 0 Å². The van der Waals surface area contributed by atoms with Crippen molar-refractivity contribution >= 4 is 40.8 Å². The Morgan fingerprint density at radius 2 is 2.04 bits per heavy atom. The first-order valence-corrected chi connectivity index (χ1v) is 8.67. The average molecular weight is 356 g/mol. The number of halogens is 2. The SMILES string of the molecule is O=C(COC(=O)C[C@H]1C[C@H]2CC[C@@H]1C2)Nc1ccc(Cl)cc1Cl. The Morgan fingerprint density at radius 1 is 1.22 bits per heavy atom. The second kappa shape index (κ2) is 7.10. The summed E-state index contributed by atoms with van der Waals surface area (Å²) in [6.45, 7) is -0.293. The molecule has 1 aromatic carbocycles. The van der Waals surface area contributed by atoms with E-state index in [2.05, 4.69) is 5.32 Å². The molecule has 4 nitrogen and oxygen atoms in total. The van der Waals surface area contributed by atoms with Gasteiger partial charge >= 0.3 is 5.97 Å². The number of carbonyl (C=O) groups is 2. The Balaban J connectivity index is 1.42. The highest BCUT2D eigenvalue weighted by Crippen LogP contribution is 2.49. The second-order valence-electron chi connectivity index (χ2n) is 6.47. The van der Waals surface area contributed by atoms with Gasteiger partial charge in [-0.25, -0.2) is 0 Å². The summed E-state index contributed by atoms with van der Waals surface area (Å²) in [5.41, 5.74) is 0.449. The lowest BCUT2D eigenvalue weighted by molar-refractivity contribution is -0.148. The summed E-state index contributed by atoms with van der Waals surface area (Å²) in [6, 6.07) is 4.78. The molecule has 3 rings (SSSR count). The van der Waals surface area contributed by atoms with Crippen LogP contribution >= 0.6 is 23.2 Å². The van der Waals surface area contributed by atoms with Crippen LogP contribution in [-0.4, -0.2) is 18.5 Å². The van der Waals surface area contributed by atoms with E-state index in [4.69, 9.17) is 27.9 Å². The van der Waals surface area contributed by atoms with Gasteiger partial charge < -0.3 is 10.1 Å². The van der Waals surface area contributed by atoms with Crippen LogP contribution in [0.4, 0.5) is 5.69 Å². The number of hydrogen-bond acceptors (Lipinski definition) is 3. The molecular weight excluding hydrogens is 337 g/mol. The largest absolute Gasteiger partial charge is 0.456 e. The number of fused-ring (bicyclic) bond motifs is 2. The van der Waals surface area contributed by atoms with Crippen molar-refractivity contribution in [2.75, 3.05) is 11.9 Å². The number of ether oxygens (including phenoxy) is 1. The molecule has 2 aliphatic rings. The van der Waals surface area contributed by atoms with Crippen molar-refractivity contribution in [2.24, 2.45) is 17.8 Å². The lowest BCUT2D eigenvalue weighted by Crippen LogP contribution is -2.23. The molecular formula is C17H19Cl2NO3. The molecule has 1 amide bonds. The van der Waals surface area contributed by atoms with Crippen molar-refractivity contribution in [1.82, 2.24) is 0 Å². The number of rotatable bonds is 5. The molecule has 2 fully saturated rings. The highest BCUT2D eigenvalue weighted by Gasteiger charge is 2.40. The standard InChI is InChI=1S/C17H19Cl2NO3/c18-13-3-4-15(14(19)8-13)20-16(21)9-23-17(22)7-12-6-10-1-2-11(12)5-10/h3-4,8,10-12H,1-2,5-7,9H2,(H,20,21)/t10-,11+,12+/m0/s1. The minimum atomic E-state index is -0.407. The molecule has 0 unspecified atom stereocenters. The van der Waals surface area contributed by atoms with Crippen molar-refractivity contribution in [3.8, 4) is 0 Å². The summed E-state index contributed by atoms with van der Waals surface area (Å²) in [7, 11) is 0. The first-order valence-electron chi connectivity index (χ1n) is 7.92. The molecule has 0 aromatic heterocycles. The quantitative estimate of drug-likeness (QED) is 0.801. The molecule has 2 aliphatic carbocycles.